The van der Waals surface area contributed by atoms with Crippen molar-refractivity contribution in [2.45, 2.75) is 19.9 Å². The van der Waals surface area contributed by atoms with Crippen molar-refractivity contribution >= 4 is 17.3 Å². The second kappa shape index (κ2) is 5.66. The van der Waals surface area contributed by atoms with E-state index < -0.39 is 0 Å². The molecule has 1 atom stereocenters. The van der Waals surface area contributed by atoms with Gasteiger partial charge < -0.3 is 9.73 Å². The minimum atomic E-state index is 0.0338. The Balaban J connectivity index is 1.94. The molecule has 0 bridgehead atoms. The SMILES string of the molecule is Cc1ccc(C(C)Nc2cccc(Cl)c2-n2cccn2)o1. The number of rotatable bonds is 4. The summed E-state index contributed by atoms with van der Waals surface area (Å²) in [7, 11) is 0. The van der Waals surface area contributed by atoms with E-state index in [1.54, 1.807) is 10.9 Å². The molecular weight excluding hydrogens is 286 g/mol. The summed E-state index contributed by atoms with van der Waals surface area (Å²) in [4.78, 5) is 0. The van der Waals surface area contributed by atoms with Crippen LogP contribution in [0.25, 0.3) is 5.69 Å². The minimum absolute atomic E-state index is 0.0338. The fourth-order valence-corrected chi connectivity index (χ4v) is 2.52. The Labute approximate surface area is 128 Å². The van der Waals surface area contributed by atoms with Crippen LogP contribution in [0.5, 0.6) is 0 Å². The van der Waals surface area contributed by atoms with Gasteiger partial charge in [-0.3, -0.25) is 0 Å². The first kappa shape index (κ1) is 13.8. The zero-order chi connectivity index (χ0) is 14.8. The minimum Gasteiger partial charge on any atom is -0.464 e. The van der Waals surface area contributed by atoms with Crippen molar-refractivity contribution in [1.82, 2.24) is 9.78 Å². The Bertz CT molecular complexity index is 734. The first-order valence-corrected chi connectivity index (χ1v) is 7.14. The van der Waals surface area contributed by atoms with Gasteiger partial charge in [-0.15, -0.1) is 0 Å². The Hall–Kier alpha value is -2.20. The summed E-state index contributed by atoms with van der Waals surface area (Å²) >= 11 is 6.33. The second-order valence-electron chi connectivity index (χ2n) is 4.90. The van der Waals surface area contributed by atoms with Crippen molar-refractivity contribution in [2.75, 3.05) is 5.32 Å². The van der Waals surface area contributed by atoms with Crippen molar-refractivity contribution in [3.8, 4) is 5.69 Å². The third-order valence-corrected chi connectivity index (χ3v) is 3.59. The molecule has 1 N–H and O–H groups in total. The lowest BCUT2D eigenvalue weighted by atomic mass is 10.2. The van der Waals surface area contributed by atoms with Crippen LogP contribution in [-0.2, 0) is 0 Å². The number of nitrogens with one attached hydrogen (secondary N) is 1. The Kier molecular flexibility index (Phi) is 3.71. The van der Waals surface area contributed by atoms with Gasteiger partial charge in [-0.25, -0.2) is 4.68 Å². The average Bonchev–Trinajstić information content (AvgIpc) is 3.10. The fraction of sp³-hybridized carbons (Fsp3) is 0.188. The largest absolute Gasteiger partial charge is 0.464 e. The number of anilines is 1. The van der Waals surface area contributed by atoms with Crippen molar-refractivity contribution in [1.29, 1.82) is 0 Å². The summed E-state index contributed by atoms with van der Waals surface area (Å²) in [5.41, 5.74) is 1.74. The molecular formula is C16H16ClN3O. The number of benzene rings is 1. The van der Waals surface area contributed by atoms with E-state index >= 15 is 0 Å². The highest BCUT2D eigenvalue weighted by Gasteiger charge is 2.14. The van der Waals surface area contributed by atoms with Gasteiger partial charge in [0.15, 0.2) is 0 Å². The molecule has 0 fully saturated rings. The van der Waals surface area contributed by atoms with E-state index in [-0.39, 0.29) is 6.04 Å². The molecule has 0 aliphatic carbocycles. The summed E-state index contributed by atoms with van der Waals surface area (Å²) in [6.45, 7) is 3.98. The van der Waals surface area contributed by atoms with Crippen LogP contribution in [-0.4, -0.2) is 9.78 Å². The molecule has 0 saturated carbocycles. The number of aromatic nitrogens is 2. The Morgan fingerprint density at radius 1 is 1.24 bits per heavy atom. The first-order chi connectivity index (χ1) is 10.1. The molecule has 0 radical (unpaired) electrons. The van der Waals surface area contributed by atoms with E-state index in [0.717, 1.165) is 22.9 Å². The summed E-state index contributed by atoms with van der Waals surface area (Å²) in [6.07, 6.45) is 3.60. The molecule has 0 saturated heterocycles. The predicted octanol–water partition coefficient (Wildman–Crippen LogP) is 4.60. The van der Waals surface area contributed by atoms with Crippen LogP contribution in [0.2, 0.25) is 5.02 Å². The van der Waals surface area contributed by atoms with Crippen LogP contribution in [0, 0.1) is 6.92 Å². The van der Waals surface area contributed by atoms with Gasteiger partial charge in [0.2, 0.25) is 0 Å². The smallest absolute Gasteiger partial charge is 0.126 e. The zero-order valence-corrected chi connectivity index (χ0v) is 12.6. The fourth-order valence-electron chi connectivity index (χ4n) is 2.26. The molecule has 0 aliphatic rings. The molecule has 3 rings (SSSR count). The first-order valence-electron chi connectivity index (χ1n) is 6.76. The van der Waals surface area contributed by atoms with E-state index in [9.17, 15) is 0 Å². The van der Waals surface area contributed by atoms with Gasteiger partial charge in [0.25, 0.3) is 0 Å². The van der Waals surface area contributed by atoms with Gasteiger partial charge in [-0.05, 0) is 44.2 Å². The van der Waals surface area contributed by atoms with Crippen LogP contribution in [0.3, 0.4) is 0 Å². The van der Waals surface area contributed by atoms with E-state index in [1.165, 1.54) is 0 Å². The average molecular weight is 302 g/mol. The number of halogens is 1. The van der Waals surface area contributed by atoms with Crippen LogP contribution in [0.1, 0.15) is 24.5 Å². The lowest BCUT2D eigenvalue weighted by molar-refractivity contribution is 0.467. The highest BCUT2D eigenvalue weighted by atomic mass is 35.5. The maximum atomic E-state index is 6.33. The van der Waals surface area contributed by atoms with Gasteiger partial charge >= 0.3 is 0 Å². The van der Waals surface area contributed by atoms with Gasteiger partial charge in [0, 0.05) is 12.4 Å². The Morgan fingerprint density at radius 2 is 2.10 bits per heavy atom. The molecule has 0 amide bonds. The number of aryl methyl sites for hydroxylation is 1. The standard InChI is InChI=1S/C16H16ClN3O/c1-11-7-8-15(21-11)12(2)19-14-6-3-5-13(17)16(14)20-10-4-9-18-20/h3-10,12,19H,1-2H3. The van der Waals surface area contributed by atoms with E-state index in [0.29, 0.717) is 5.02 Å². The van der Waals surface area contributed by atoms with E-state index in [1.807, 2.05) is 56.4 Å². The van der Waals surface area contributed by atoms with Crippen LogP contribution in [0.15, 0.2) is 53.2 Å². The molecule has 3 aromatic rings. The van der Waals surface area contributed by atoms with Gasteiger partial charge in [0.1, 0.15) is 17.2 Å². The highest BCUT2D eigenvalue weighted by molar-refractivity contribution is 6.33. The third-order valence-electron chi connectivity index (χ3n) is 3.28. The lowest BCUT2D eigenvalue weighted by Gasteiger charge is -2.17. The zero-order valence-electron chi connectivity index (χ0n) is 11.9. The molecule has 2 heterocycles. The van der Waals surface area contributed by atoms with Crippen molar-refractivity contribution < 1.29 is 4.42 Å². The van der Waals surface area contributed by atoms with E-state index in [2.05, 4.69) is 10.4 Å². The number of nitrogens with zero attached hydrogens (tertiary/aromatic N) is 2. The van der Waals surface area contributed by atoms with Gasteiger partial charge in [-0.1, -0.05) is 17.7 Å². The highest BCUT2D eigenvalue weighted by Crippen LogP contribution is 2.31. The molecule has 2 aromatic heterocycles. The monoisotopic (exact) mass is 301 g/mol. The quantitative estimate of drug-likeness (QED) is 0.766. The third kappa shape index (κ3) is 2.81. The molecule has 4 nitrogen and oxygen atoms in total. The normalized spacial score (nSPS) is 12.3. The molecule has 21 heavy (non-hydrogen) atoms. The number of hydrogen-bond donors (Lipinski definition) is 1. The van der Waals surface area contributed by atoms with Crippen LogP contribution >= 0.6 is 11.6 Å². The molecule has 5 heteroatoms. The maximum absolute atomic E-state index is 6.33. The molecule has 1 aromatic carbocycles. The Morgan fingerprint density at radius 3 is 2.76 bits per heavy atom. The van der Waals surface area contributed by atoms with Crippen LogP contribution in [0.4, 0.5) is 5.69 Å². The lowest BCUT2D eigenvalue weighted by Crippen LogP contribution is -2.09. The topological polar surface area (TPSA) is 43.0 Å². The van der Waals surface area contributed by atoms with Gasteiger partial charge in [0.05, 0.1) is 16.8 Å². The second-order valence-corrected chi connectivity index (χ2v) is 5.31. The predicted molar refractivity (Wildman–Crippen MR) is 84.1 cm³/mol. The molecule has 1 unspecified atom stereocenters. The number of hydrogen-bond acceptors (Lipinski definition) is 3. The van der Waals surface area contributed by atoms with Crippen molar-refractivity contribution in [3.63, 3.8) is 0 Å². The number of para-hydroxylation sites is 1. The van der Waals surface area contributed by atoms with E-state index in [4.69, 9.17) is 16.0 Å². The summed E-state index contributed by atoms with van der Waals surface area (Å²) in [6, 6.07) is 11.6. The summed E-state index contributed by atoms with van der Waals surface area (Å²) in [5.74, 6) is 1.79. The molecule has 0 spiro atoms. The van der Waals surface area contributed by atoms with Crippen LogP contribution < -0.4 is 5.32 Å². The molecule has 0 aliphatic heterocycles. The van der Waals surface area contributed by atoms with Crippen molar-refractivity contribution in [3.05, 3.63) is 65.3 Å². The maximum Gasteiger partial charge on any atom is 0.126 e. The number of furan rings is 1. The van der Waals surface area contributed by atoms with Crippen molar-refractivity contribution in [2.24, 2.45) is 0 Å². The molecule has 108 valence electrons. The van der Waals surface area contributed by atoms with Gasteiger partial charge in [-0.2, -0.15) is 5.10 Å². The summed E-state index contributed by atoms with van der Waals surface area (Å²) in [5, 5.41) is 8.34. The summed E-state index contributed by atoms with van der Waals surface area (Å²) < 4.78 is 7.42.